The number of carbonyl (C=O) groups is 1. The molecule has 90 valence electrons. The van der Waals surface area contributed by atoms with Crippen LogP contribution in [0.15, 0.2) is 24.3 Å². The van der Waals surface area contributed by atoms with E-state index in [1.807, 2.05) is 12.1 Å². The molecule has 1 aromatic rings. The standard InChI is InChI=1S/C14H17NO2/c1-3-4-5-8-11-15-14(16)12-9-6-7-10-13(12)17-2/h1,6-7,9-10H,4-5,8,11H2,2H3,(H,15,16). The lowest BCUT2D eigenvalue weighted by Gasteiger charge is -2.08. The van der Waals surface area contributed by atoms with Gasteiger partial charge in [0, 0.05) is 13.0 Å². The number of terminal acetylenes is 1. The van der Waals surface area contributed by atoms with Crippen molar-refractivity contribution in [3.63, 3.8) is 0 Å². The number of methoxy groups -OCH3 is 1. The molecule has 0 unspecified atom stereocenters. The summed E-state index contributed by atoms with van der Waals surface area (Å²) in [6.07, 6.45) is 7.73. The second-order valence-electron chi connectivity index (χ2n) is 3.62. The van der Waals surface area contributed by atoms with Gasteiger partial charge in [-0.2, -0.15) is 0 Å². The average Bonchev–Trinajstić information content (AvgIpc) is 2.38. The van der Waals surface area contributed by atoms with Crippen LogP contribution in [0, 0.1) is 12.3 Å². The molecule has 17 heavy (non-hydrogen) atoms. The number of benzene rings is 1. The van der Waals surface area contributed by atoms with E-state index in [0.29, 0.717) is 17.9 Å². The van der Waals surface area contributed by atoms with E-state index in [4.69, 9.17) is 11.2 Å². The first-order chi connectivity index (χ1) is 8.29. The van der Waals surface area contributed by atoms with Gasteiger partial charge in [-0.25, -0.2) is 0 Å². The molecule has 0 atom stereocenters. The zero-order valence-corrected chi connectivity index (χ0v) is 10.0. The SMILES string of the molecule is C#CCCCCNC(=O)c1ccccc1OC. The fourth-order valence-electron chi connectivity index (χ4n) is 1.48. The van der Waals surface area contributed by atoms with Gasteiger partial charge in [-0.05, 0) is 25.0 Å². The zero-order chi connectivity index (χ0) is 12.5. The first-order valence-corrected chi connectivity index (χ1v) is 5.64. The number of nitrogens with one attached hydrogen (secondary N) is 1. The van der Waals surface area contributed by atoms with Gasteiger partial charge >= 0.3 is 0 Å². The highest BCUT2D eigenvalue weighted by atomic mass is 16.5. The number of unbranched alkanes of at least 4 members (excludes halogenated alkanes) is 2. The number of rotatable bonds is 6. The summed E-state index contributed by atoms with van der Waals surface area (Å²) in [4.78, 5) is 11.8. The second-order valence-corrected chi connectivity index (χ2v) is 3.62. The second kappa shape index (κ2) is 7.34. The molecule has 3 heteroatoms. The van der Waals surface area contributed by atoms with Crippen LogP contribution in [0.2, 0.25) is 0 Å². The Labute approximate surface area is 102 Å². The van der Waals surface area contributed by atoms with Gasteiger partial charge in [0.2, 0.25) is 0 Å². The lowest BCUT2D eigenvalue weighted by atomic mass is 10.2. The molecule has 0 aliphatic heterocycles. The predicted octanol–water partition coefficient (Wildman–Crippen LogP) is 2.23. The van der Waals surface area contributed by atoms with Crippen molar-refractivity contribution in [3.05, 3.63) is 29.8 Å². The summed E-state index contributed by atoms with van der Waals surface area (Å²) in [5, 5.41) is 2.85. The van der Waals surface area contributed by atoms with Crippen LogP contribution in [-0.2, 0) is 0 Å². The fraction of sp³-hybridized carbons (Fsp3) is 0.357. The van der Waals surface area contributed by atoms with Crippen LogP contribution in [-0.4, -0.2) is 19.6 Å². The molecular weight excluding hydrogens is 214 g/mol. The number of ether oxygens (including phenoxy) is 1. The Balaban J connectivity index is 2.44. The number of amides is 1. The quantitative estimate of drug-likeness (QED) is 0.602. The van der Waals surface area contributed by atoms with Gasteiger partial charge in [-0.1, -0.05) is 12.1 Å². The van der Waals surface area contributed by atoms with Crippen molar-refractivity contribution in [1.29, 1.82) is 0 Å². The van der Waals surface area contributed by atoms with Crippen LogP contribution in [0.5, 0.6) is 5.75 Å². The van der Waals surface area contributed by atoms with Crippen molar-refractivity contribution >= 4 is 5.91 Å². The molecule has 0 fully saturated rings. The minimum Gasteiger partial charge on any atom is -0.496 e. The average molecular weight is 231 g/mol. The summed E-state index contributed by atoms with van der Waals surface area (Å²) in [7, 11) is 1.55. The normalized spacial score (nSPS) is 9.41. The first-order valence-electron chi connectivity index (χ1n) is 5.64. The Morgan fingerprint density at radius 2 is 2.18 bits per heavy atom. The first kappa shape index (κ1) is 13.1. The van der Waals surface area contributed by atoms with Crippen LogP contribution in [0.3, 0.4) is 0 Å². The third-order valence-electron chi connectivity index (χ3n) is 2.39. The number of hydrogen-bond donors (Lipinski definition) is 1. The van der Waals surface area contributed by atoms with Crippen LogP contribution in [0.25, 0.3) is 0 Å². The molecular formula is C14H17NO2. The summed E-state index contributed by atoms with van der Waals surface area (Å²) in [5.41, 5.74) is 0.562. The van der Waals surface area contributed by atoms with Gasteiger partial charge in [-0.3, -0.25) is 4.79 Å². The lowest BCUT2D eigenvalue weighted by molar-refractivity contribution is 0.0950. The van der Waals surface area contributed by atoms with Crippen LogP contribution < -0.4 is 10.1 Å². The molecule has 1 rings (SSSR count). The van der Waals surface area contributed by atoms with Gasteiger partial charge in [0.1, 0.15) is 5.75 Å². The van der Waals surface area contributed by atoms with Crippen molar-refractivity contribution in [2.24, 2.45) is 0 Å². The summed E-state index contributed by atoms with van der Waals surface area (Å²) in [6, 6.07) is 7.17. The topological polar surface area (TPSA) is 38.3 Å². The molecule has 0 spiro atoms. The monoisotopic (exact) mass is 231 g/mol. The molecule has 0 saturated carbocycles. The molecule has 1 aromatic carbocycles. The van der Waals surface area contributed by atoms with E-state index >= 15 is 0 Å². The van der Waals surface area contributed by atoms with E-state index in [1.165, 1.54) is 0 Å². The maximum atomic E-state index is 11.8. The molecule has 0 aliphatic rings. The molecule has 0 heterocycles. The minimum absolute atomic E-state index is 0.108. The van der Waals surface area contributed by atoms with Crippen molar-refractivity contribution in [2.75, 3.05) is 13.7 Å². The predicted molar refractivity (Wildman–Crippen MR) is 68.0 cm³/mol. The largest absolute Gasteiger partial charge is 0.496 e. The summed E-state index contributed by atoms with van der Waals surface area (Å²) in [5.74, 6) is 3.06. The van der Waals surface area contributed by atoms with E-state index in [2.05, 4.69) is 11.2 Å². The van der Waals surface area contributed by atoms with E-state index in [0.717, 1.165) is 19.3 Å². The third kappa shape index (κ3) is 4.20. The van der Waals surface area contributed by atoms with E-state index in [1.54, 1.807) is 19.2 Å². The van der Waals surface area contributed by atoms with E-state index in [9.17, 15) is 4.79 Å². The number of hydrogen-bond acceptors (Lipinski definition) is 2. The van der Waals surface area contributed by atoms with Crippen molar-refractivity contribution in [2.45, 2.75) is 19.3 Å². The molecule has 0 bridgehead atoms. The smallest absolute Gasteiger partial charge is 0.255 e. The van der Waals surface area contributed by atoms with Crippen LogP contribution in [0.1, 0.15) is 29.6 Å². The minimum atomic E-state index is -0.108. The number of para-hydroxylation sites is 1. The van der Waals surface area contributed by atoms with Crippen LogP contribution >= 0.6 is 0 Å². The Bertz CT molecular complexity index is 407. The maximum absolute atomic E-state index is 11.8. The Morgan fingerprint density at radius 3 is 2.88 bits per heavy atom. The third-order valence-corrected chi connectivity index (χ3v) is 2.39. The maximum Gasteiger partial charge on any atom is 0.255 e. The Hall–Kier alpha value is -1.95. The summed E-state index contributed by atoms with van der Waals surface area (Å²) >= 11 is 0. The molecule has 1 N–H and O–H groups in total. The molecule has 3 nitrogen and oxygen atoms in total. The van der Waals surface area contributed by atoms with E-state index < -0.39 is 0 Å². The Kier molecular flexibility index (Phi) is 5.67. The van der Waals surface area contributed by atoms with Gasteiger partial charge in [-0.15, -0.1) is 12.3 Å². The van der Waals surface area contributed by atoms with Gasteiger partial charge < -0.3 is 10.1 Å². The van der Waals surface area contributed by atoms with Crippen molar-refractivity contribution < 1.29 is 9.53 Å². The molecule has 1 amide bonds. The van der Waals surface area contributed by atoms with E-state index in [-0.39, 0.29) is 5.91 Å². The highest BCUT2D eigenvalue weighted by Crippen LogP contribution is 2.16. The molecule has 0 saturated heterocycles. The molecule has 0 radical (unpaired) electrons. The zero-order valence-electron chi connectivity index (χ0n) is 10.0. The van der Waals surface area contributed by atoms with Gasteiger partial charge in [0.05, 0.1) is 12.7 Å². The summed E-state index contributed by atoms with van der Waals surface area (Å²) < 4.78 is 5.12. The Morgan fingerprint density at radius 1 is 1.41 bits per heavy atom. The lowest BCUT2D eigenvalue weighted by Crippen LogP contribution is -2.24. The van der Waals surface area contributed by atoms with Gasteiger partial charge in [0.25, 0.3) is 5.91 Å². The van der Waals surface area contributed by atoms with Crippen molar-refractivity contribution in [1.82, 2.24) is 5.32 Å². The molecule has 0 aliphatic carbocycles. The van der Waals surface area contributed by atoms with Crippen molar-refractivity contribution in [3.8, 4) is 18.1 Å². The van der Waals surface area contributed by atoms with Crippen LogP contribution in [0.4, 0.5) is 0 Å². The highest BCUT2D eigenvalue weighted by Gasteiger charge is 2.09. The molecule has 0 aromatic heterocycles. The number of carbonyl (C=O) groups excluding carboxylic acids is 1. The van der Waals surface area contributed by atoms with Gasteiger partial charge in [0.15, 0.2) is 0 Å². The highest BCUT2D eigenvalue weighted by molar-refractivity contribution is 5.96. The summed E-state index contributed by atoms with van der Waals surface area (Å²) in [6.45, 7) is 0.637. The fourth-order valence-corrected chi connectivity index (χ4v) is 1.48.